The summed E-state index contributed by atoms with van der Waals surface area (Å²) < 4.78 is 0. The number of hydrogen-bond acceptors (Lipinski definition) is 2. The van der Waals surface area contributed by atoms with Crippen molar-refractivity contribution in [1.29, 1.82) is 0 Å². The second kappa shape index (κ2) is 2.35. The summed E-state index contributed by atoms with van der Waals surface area (Å²) >= 11 is 0. The molecule has 0 unspecified atom stereocenters. The predicted octanol–water partition coefficient (Wildman–Crippen LogP) is 1.37. The molecule has 0 aromatic carbocycles. The van der Waals surface area contributed by atoms with Gasteiger partial charge in [0.25, 0.3) is 0 Å². The third-order valence-corrected chi connectivity index (χ3v) is 2.41. The van der Waals surface area contributed by atoms with Crippen LogP contribution in [0.1, 0.15) is 34.6 Å². The van der Waals surface area contributed by atoms with E-state index in [1.165, 1.54) is 6.92 Å². The summed E-state index contributed by atoms with van der Waals surface area (Å²) in [4.78, 5) is 11.0. The SMILES string of the molecule is CC(=O)C(C)(C)C(C)(C)O. The van der Waals surface area contributed by atoms with Crippen molar-refractivity contribution < 1.29 is 9.90 Å². The van der Waals surface area contributed by atoms with Gasteiger partial charge in [0.15, 0.2) is 0 Å². The normalized spacial score (nSPS) is 13.4. The Balaban J connectivity index is 4.57. The maximum absolute atomic E-state index is 11.0. The summed E-state index contributed by atoms with van der Waals surface area (Å²) in [6.07, 6.45) is 0. The third kappa shape index (κ3) is 1.57. The average molecular weight is 144 g/mol. The largest absolute Gasteiger partial charge is 0.389 e. The first kappa shape index (κ1) is 9.63. The minimum absolute atomic E-state index is 0.0139. The van der Waals surface area contributed by atoms with Crippen molar-refractivity contribution in [3.05, 3.63) is 0 Å². The van der Waals surface area contributed by atoms with Crippen LogP contribution in [-0.2, 0) is 4.79 Å². The molecule has 0 bridgehead atoms. The third-order valence-electron chi connectivity index (χ3n) is 2.41. The molecule has 1 N–H and O–H groups in total. The maximum Gasteiger partial charge on any atom is 0.138 e. The van der Waals surface area contributed by atoms with Crippen molar-refractivity contribution in [3.8, 4) is 0 Å². The Hall–Kier alpha value is -0.370. The lowest BCUT2D eigenvalue weighted by Crippen LogP contribution is -2.43. The smallest absolute Gasteiger partial charge is 0.138 e. The van der Waals surface area contributed by atoms with Crippen LogP contribution in [0.2, 0.25) is 0 Å². The van der Waals surface area contributed by atoms with Crippen molar-refractivity contribution in [1.82, 2.24) is 0 Å². The Kier molecular flexibility index (Phi) is 2.26. The van der Waals surface area contributed by atoms with Crippen LogP contribution in [0.4, 0.5) is 0 Å². The minimum atomic E-state index is -0.932. The molecular weight excluding hydrogens is 128 g/mol. The van der Waals surface area contributed by atoms with Gasteiger partial charge < -0.3 is 5.11 Å². The van der Waals surface area contributed by atoms with Crippen LogP contribution in [0.25, 0.3) is 0 Å². The molecule has 2 heteroatoms. The number of hydrogen-bond donors (Lipinski definition) is 1. The van der Waals surface area contributed by atoms with Crippen LogP contribution in [-0.4, -0.2) is 16.5 Å². The first-order valence-electron chi connectivity index (χ1n) is 3.43. The molecule has 0 rings (SSSR count). The van der Waals surface area contributed by atoms with Gasteiger partial charge in [0.1, 0.15) is 5.78 Å². The molecule has 0 heterocycles. The van der Waals surface area contributed by atoms with E-state index in [1.54, 1.807) is 27.7 Å². The van der Waals surface area contributed by atoms with Gasteiger partial charge in [-0.25, -0.2) is 0 Å². The molecule has 0 amide bonds. The number of rotatable bonds is 2. The molecule has 0 radical (unpaired) electrons. The highest BCUT2D eigenvalue weighted by Crippen LogP contribution is 2.30. The van der Waals surface area contributed by atoms with Gasteiger partial charge in [-0.3, -0.25) is 4.79 Å². The van der Waals surface area contributed by atoms with Gasteiger partial charge in [0.05, 0.1) is 11.0 Å². The van der Waals surface area contributed by atoms with Crippen molar-refractivity contribution in [2.45, 2.75) is 40.2 Å². The lowest BCUT2D eigenvalue weighted by molar-refractivity contribution is -0.137. The lowest BCUT2D eigenvalue weighted by Gasteiger charge is -2.34. The van der Waals surface area contributed by atoms with E-state index >= 15 is 0 Å². The molecule has 0 spiro atoms. The van der Waals surface area contributed by atoms with E-state index in [0.29, 0.717) is 0 Å². The zero-order chi connectivity index (χ0) is 8.58. The summed E-state index contributed by atoms with van der Waals surface area (Å²) in [6, 6.07) is 0. The van der Waals surface area contributed by atoms with E-state index in [9.17, 15) is 9.90 Å². The fraction of sp³-hybridized carbons (Fsp3) is 0.875. The standard InChI is InChI=1S/C8H16O2/c1-6(9)7(2,3)8(4,5)10/h10H,1-5H3. The Morgan fingerprint density at radius 1 is 1.20 bits per heavy atom. The molecule has 0 aromatic heterocycles. The zero-order valence-corrected chi connectivity index (χ0v) is 7.36. The molecule has 0 aliphatic rings. The van der Waals surface area contributed by atoms with E-state index in [-0.39, 0.29) is 5.78 Å². The molecule has 0 saturated heterocycles. The van der Waals surface area contributed by atoms with Crippen LogP contribution in [0.15, 0.2) is 0 Å². The second-order valence-electron chi connectivity index (χ2n) is 3.74. The number of ketones is 1. The highest BCUT2D eigenvalue weighted by atomic mass is 16.3. The topological polar surface area (TPSA) is 37.3 Å². The van der Waals surface area contributed by atoms with Gasteiger partial charge in [-0.05, 0) is 20.8 Å². The molecule has 0 atom stereocenters. The molecule has 0 fully saturated rings. The first-order valence-corrected chi connectivity index (χ1v) is 3.43. The molecule has 0 aliphatic carbocycles. The Labute approximate surface area is 62.2 Å². The first-order chi connectivity index (χ1) is 4.19. The fourth-order valence-electron chi connectivity index (χ4n) is 0.431. The van der Waals surface area contributed by atoms with Gasteiger partial charge in [-0.1, -0.05) is 13.8 Å². The monoisotopic (exact) mass is 144 g/mol. The van der Waals surface area contributed by atoms with E-state index in [1.807, 2.05) is 0 Å². The fourth-order valence-corrected chi connectivity index (χ4v) is 0.431. The van der Waals surface area contributed by atoms with Gasteiger partial charge in [-0.2, -0.15) is 0 Å². The van der Waals surface area contributed by atoms with Gasteiger partial charge in [-0.15, -0.1) is 0 Å². The number of carbonyl (C=O) groups is 1. The van der Waals surface area contributed by atoms with Crippen LogP contribution in [0.3, 0.4) is 0 Å². The van der Waals surface area contributed by atoms with Gasteiger partial charge in [0.2, 0.25) is 0 Å². The zero-order valence-electron chi connectivity index (χ0n) is 7.36. The van der Waals surface area contributed by atoms with E-state index in [4.69, 9.17) is 0 Å². The van der Waals surface area contributed by atoms with Crippen molar-refractivity contribution in [2.24, 2.45) is 5.41 Å². The summed E-state index contributed by atoms with van der Waals surface area (Å²) in [5.74, 6) is 0.0139. The number of carbonyl (C=O) groups excluding carboxylic acids is 1. The summed E-state index contributed by atoms with van der Waals surface area (Å²) in [6.45, 7) is 8.28. The molecule has 0 saturated carbocycles. The quantitative estimate of drug-likeness (QED) is 0.635. The van der Waals surface area contributed by atoms with Crippen LogP contribution < -0.4 is 0 Å². The van der Waals surface area contributed by atoms with Crippen LogP contribution >= 0.6 is 0 Å². The highest BCUT2D eigenvalue weighted by molar-refractivity contribution is 5.82. The molecule has 0 aliphatic heterocycles. The summed E-state index contributed by atoms with van der Waals surface area (Å²) in [7, 11) is 0. The van der Waals surface area contributed by atoms with Crippen molar-refractivity contribution in [3.63, 3.8) is 0 Å². The van der Waals surface area contributed by atoms with E-state index in [0.717, 1.165) is 0 Å². The minimum Gasteiger partial charge on any atom is -0.389 e. The van der Waals surface area contributed by atoms with Gasteiger partial charge >= 0.3 is 0 Å². The molecular formula is C8H16O2. The van der Waals surface area contributed by atoms with Crippen LogP contribution in [0, 0.1) is 5.41 Å². The Bertz CT molecular complexity index is 140. The van der Waals surface area contributed by atoms with E-state index in [2.05, 4.69) is 0 Å². The Morgan fingerprint density at radius 3 is 1.50 bits per heavy atom. The summed E-state index contributed by atoms with van der Waals surface area (Å²) in [5, 5.41) is 9.50. The van der Waals surface area contributed by atoms with Crippen molar-refractivity contribution >= 4 is 5.78 Å². The maximum atomic E-state index is 11.0. The highest BCUT2D eigenvalue weighted by Gasteiger charge is 2.38. The van der Waals surface area contributed by atoms with Crippen LogP contribution in [0.5, 0.6) is 0 Å². The summed E-state index contributed by atoms with van der Waals surface area (Å²) in [5.41, 5.74) is -1.58. The average Bonchev–Trinajstić information content (AvgIpc) is 1.62. The second-order valence-corrected chi connectivity index (χ2v) is 3.74. The molecule has 60 valence electrons. The number of aliphatic hydroxyl groups is 1. The lowest BCUT2D eigenvalue weighted by atomic mass is 9.74. The van der Waals surface area contributed by atoms with Gasteiger partial charge in [0, 0.05) is 0 Å². The van der Waals surface area contributed by atoms with E-state index < -0.39 is 11.0 Å². The number of Topliss-reactive ketones (excluding diaryl/α,β-unsaturated/α-hetero) is 1. The Morgan fingerprint density at radius 2 is 1.50 bits per heavy atom. The molecule has 10 heavy (non-hydrogen) atoms. The molecule has 2 nitrogen and oxygen atoms in total. The van der Waals surface area contributed by atoms with Crippen molar-refractivity contribution in [2.75, 3.05) is 0 Å². The predicted molar refractivity (Wildman–Crippen MR) is 40.8 cm³/mol. The molecule has 0 aromatic rings.